The maximum Gasteiger partial charge on any atom is 0.344 e. The summed E-state index contributed by atoms with van der Waals surface area (Å²) in [5, 5.41) is 3.65. The third-order valence-electron chi connectivity index (χ3n) is 10.1. The number of carbonyl (C=O) groups is 2. The third-order valence-corrected chi connectivity index (χ3v) is 12.6. The van der Waals surface area contributed by atoms with Crippen LogP contribution < -0.4 is 16.1 Å². The summed E-state index contributed by atoms with van der Waals surface area (Å²) in [4.78, 5) is 67.3. The fourth-order valence-electron chi connectivity index (χ4n) is 6.62. The second-order valence-electron chi connectivity index (χ2n) is 16.7. The van der Waals surface area contributed by atoms with Crippen molar-refractivity contribution in [3.63, 3.8) is 0 Å². The summed E-state index contributed by atoms with van der Waals surface area (Å²) >= 11 is 1.80. The Kier molecular flexibility index (Phi) is 27.1. The number of H-pyrrole nitrogens is 1. The Morgan fingerprint density at radius 1 is 0.983 bits per heavy atom. The van der Waals surface area contributed by atoms with E-state index in [1.807, 2.05) is 21.1 Å². The lowest BCUT2D eigenvalue weighted by Crippen LogP contribution is -2.38. The van der Waals surface area contributed by atoms with Gasteiger partial charge in [-0.1, -0.05) is 95.5 Å². The Morgan fingerprint density at radius 3 is 2.22 bits per heavy atom. The van der Waals surface area contributed by atoms with Crippen LogP contribution in [0.25, 0.3) is 10.4 Å². The predicted octanol–water partition coefficient (Wildman–Crippen LogP) is 6.94. The lowest BCUT2D eigenvalue weighted by atomic mass is 10.1. The number of quaternary nitrogens is 1. The van der Waals surface area contributed by atoms with Crippen molar-refractivity contribution >= 4 is 31.3 Å². The van der Waals surface area contributed by atoms with E-state index in [9.17, 15) is 28.6 Å². The first-order valence-electron chi connectivity index (χ1n) is 21.9. The van der Waals surface area contributed by atoms with Gasteiger partial charge in [-0.3, -0.25) is 9.59 Å². The molecule has 0 bridgehead atoms. The van der Waals surface area contributed by atoms with E-state index < -0.39 is 55.8 Å². The van der Waals surface area contributed by atoms with E-state index in [0.29, 0.717) is 35.5 Å². The maximum atomic E-state index is 12.6. The molecule has 1 N–H and O–H groups in total. The summed E-state index contributed by atoms with van der Waals surface area (Å²) in [5.74, 6) is 0.235. The van der Waals surface area contributed by atoms with Crippen LogP contribution in [0.15, 0.2) is 20.8 Å². The van der Waals surface area contributed by atoms with Crippen LogP contribution in [0.4, 0.5) is 0 Å². The number of ether oxygens (including phenoxy) is 4. The fourth-order valence-corrected chi connectivity index (χ4v) is 9.02. The molecule has 344 valence electrons. The molecule has 0 spiro atoms. The zero-order valence-electron chi connectivity index (χ0n) is 36.9. The van der Waals surface area contributed by atoms with Gasteiger partial charge in [-0.15, -0.1) is 0 Å². The van der Waals surface area contributed by atoms with Crippen molar-refractivity contribution in [3.8, 4) is 0 Å². The lowest BCUT2D eigenvalue weighted by Gasteiger charge is -2.30. The number of nitrogens with one attached hydrogen (secondary N) is 1. The van der Waals surface area contributed by atoms with Gasteiger partial charge in [0.25, 0.3) is 5.56 Å². The second-order valence-corrected chi connectivity index (χ2v) is 19.8. The highest BCUT2D eigenvalue weighted by molar-refractivity contribution is 7.99. The fraction of sp³-hybridized carbons (Fsp3) is 0.854. The number of aromatic amines is 1. The molecule has 0 radical (unpaired) electrons. The quantitative estimate of drug-likeness (QED) is 0.0139. The Balaban J connectivity index is 1.60. The van der Waals surface area contributed by atoms with Crippen molar-refractivity contribution in [2.45, 2.75) is 154 Å². The number of nitrogens with zero attached hydrogens (tertiary/aromatic N) is 5. The van der Waals surface area contributed by atoms with Gasteiger partial charge >= 0.3 is 17.6 Å². The van der Waals surface area contributed by atoms with E-state index in [0.717, 1.165) is 48.8 Å². The topological polar surface area (TPSA) is 224 Å². The van der Waals surface area contributed by atoms with Crippen molar-refractivity contribution in [3.05, 3.63) is 43.0 Å². The van der Waals surface area contributed by atoms with Gasteiger partial charge in [0.15, 0.2) is 6.61 Å². The summed E-state index contributed by atoms with van der Waals surface area (Å²) in [7, 11) is 1.90. The molecule has 1 fully saturated rings. The molecule has 0 amide bonds. The molecule has 1 aromatic heterocycles. The molecule has 0 saturated carbocycles. The molecule has 2 rings (SSSR count). The van der Waals surface area contributed by atoms with Crippen molar-refractivity contribution in [1.82, 2.24) is 9.55 Å². The number of thioether (sulfide) groups is 1. The van der Waals surface area contributed by atoms with Crippen molar-refractivity contribution in [1.29, 1.82) is 0 Å². The van der Waals surface area contributed by atoms with Crippen LogP contribution in [0.2, 0.25) is 0 Å². The van der Waals surface area contributed by atoms with E-state index in [1.165, 1.54) is 63.9 Å². The summed E-state index contributed by atoms with van der Waals surface area (Å²) in [6.45, 7) is 4.44. The van der Waals surface area contributed by atoms with Gasteiger partial charge in [0.1, 0.15) is 13.8 Å². The number of hydrogen-bond donors (Lipinski definition) is 1. The highest BCUT2D eigenvalue weighted by atomic mass is 32.2. The molecule has 0 aromatic carbocycles. The largest absolute Gasteiger partial charge is 0.778 e. The van der Waals surface area contributed by atoms with Gasteiger partial charge in [0.05, 0.1) is 71.7 Å². The number of carbonyl (C=O) groups excluding carboxylic acids is 2. The smallest absolute Gasteiger partial charge is 0.344 e. The zero-order chi connectivity index (χ0) is 44.2. The summed E-state index contributed by atoms with van der Waals surface area (Å²) in [5.41, 5.74) is 8.07. The van der Waals surface area contributed by atoms with Gasteiger partial charge in [0.2, 0.25) is 0 Å². The number of aryl methyl sites for hydroxylation is 1. The van der Waals surface area contributed by atoms with Gasteiger partial charge in [-0.25, -0.2) is 14.2 Å². The highest BCUT2D eigenvalue weighted by Gasteiger charge is 2.38. The van der Waals surface area contributed by atoms with Crippen LogP contribution in [0.1, 0.15) is 134 Å². The Morgan fingerprint density at radius 2 is 1.60 bits per heavy atom. The van der Waals surface area contributed by atoms with Crippen LogP contribution in [0.3, 0.4) is 0 Å². The number of hydrogen-bond acceptors (Lipinski definition) is 13. The van der Waals surface area contributed by atoms with Crippen molar-refractivity contribution < 1.29 is 47.0 Å². The molecule has 1 aliphatic heterocycles. The van der Waals surface area contributed by atoms with E-state index in [4.69, 9.17) is 29.0 Å². The molecule has 1 aromatic rings. The average molecular weight is 889 g/mol. The summed E-state index contributed by atoms with van der Waals surface area (Å²) < 4.78 is 41.6. The predicted molar refractivity (Wildman–Crippen MR) is 232 cm³/mol. The standard InChI is InChI=1S/C41H73N6O11PS/c1-6-7-8-9-10-11-12-15-18-21-26-60-32-34(30-57-59(52,53)25-22-47(3,4)5)54-23-19-16-13-14-17-20-24-55-40(50)31-56-39(49)29-36-35(44-45-42)28-38(58-36)46-37(48)27-33(2)43-41(46)51/h27,34-36,38H,6-26,28-32H2,1-5H3,(H-,43,48,51,52,53). The van der Waals surface area contributed by atoms with Crippen LogP contribution in [-0.4, -0.2) is 116 Å². The number of rotatable bonds is 35. The van der Waals surface area contributed by atoms with Crippen LogP contribution in [0, 0.1) is 6.92 Å². The molecule has 0 aliphatic carbocycles. The zero-order valence-corrected chi connectivity index (χ0v) is 38.6. The van der Waals surface area contributed by atoms with E-state index in [1.54, 1.807) is 18.7 Å². The Hall–Kier alpha value is -2.69. The minimum atomic E-state index is -3.96. The minimum absolute atomic E-state index is 0.00475. The first-order chi connectivity index (χ1) is 28.6. The van der Waals surface area contributed by atoms with E-state index in [-0.39, 0.29) is 38.3 Å². The first-order valence-corrected chi connectivity index (χ1v) is 24.8. The van der Waals surface area contributed by atoms with E-state index >= 15 is 0 Å². The third kappa shape index (κ3) is 24.7. The lowest BCUT2D eigenvalue weighted by molar-refractivity contribution is -0.868. The molecule has 5 atom stereocenters. The molecule has 1 saturated heterocycles. The van der Waals surface area contributed by atoms with Crippen molar-refractivity contribution in [2.24, 2.45) is 5.11 Å². The SMILES string of the molecule is CCCCCCCCCCCCSCC(COP(=O)([O-])CC[N+](C)(C)C)OCCCCCCCCOC(=O)COC(=O)CC1OC(n2c(=O)cc(C)[nH]c2=O)CC1N=[N+]=[N-]. The maximum absolute atomic E-state index is 12.6. The normalized spacial score (nSPS) is 18.1. The van der Waals surface area contributed by atoms with Crippen LogP contribution in [-0.2, 0) is 37.6 Å². The minimum Gasteiger partial charge on any atom is -0.778 e. The summed E-state index contributed by atoms with van der Waals surface area (Å²) in [6.07, 6.45) is 15.5. The van der Waals surface area contributed by atoms with Crippen LogP contribution in [0.5, 0.6) is 0 Å². The van der Waals surface area contributed by atoms with Gasteiger partial charge in [0, 0.05) is 35.5 Å². The molecular weight excluding hydrogens is 816 g/mol. The summed E-state index contributed by atoms with van der Waals surface area (Å²) in [6, 6.07) is 0.401. The van der Waals surface area contributed by atoms with Crippen LogP contribution >= 0.6 is 19.4 Å². The number of aromatic nitrogens is 2. The Labute approximate surface area is 360 Å². The van der Waals surface area contributed by atoms with Crippen molar-refractivity contribution in [2.75, 3.05) is 71.8 Å². The molecule has 60 heavy (non-hydrogen) atoms. The first kappa shape index (κ1) is 53.4. The average Bonchev–Trinajstić information content (AvgIpc) is 3.56. The molecule has 1 aliphatic rings. The Bertz CT molecular complexity index is 1570. The number of azide groups is 1. The molecule has 2 heterocycles. The second kappa shape index (κ2) is 30.4. The van der Waals surface area contributed by atoms with Gasteiger partial charge in [-0.05, 0) is 37.5 Å². The monoisotopic (exact) mass is 888 g/mol. The molecular formula is C41H73N6O11PS. The number of unbranched alkanes of at least 4 members (excludes halogenated alkanes) is 14. The van der Waals surface area contributed by atoms with E-state index in [2.05, 4.69) is 21.9 Å². The van der Waals surface area contributed by atoms with Gasteiger partial charge < -0.3 is 42.4 Å². The molecule has 19 heteroatoms. The molecule has 17 nitrogen and oxygen atoms in total. The molecule has 5 unspecified atom stereocenters. The number of esters is 2. The highest BCUT2D eigenvalue weighted by Crippen LogP contribution is 2.37. The van der Waals surface area contributed by atoms with Gasteiger partial charge in [-0.2, -0.15) is 11.8 Å².